The molecule has 2 rings (SSSR count). The summed E-state index contributed by atoms with van der Waals surface area (Å²) < 4.78 is 6.22. The third-order valence-electron chi connectivity index (χ3n) is 1.84. The first-order chi connectivity index (χ1) is 6.22. The van der Waals surface area contributed by atoms with Crippen LogP contribution in [0.1, 0.15) is 0 Å². The molecule has 0 aliphatic rings. The smallest absolute Gasteiger partial charge is 0.198 e. The van der Waals surface area contributed by atoms with Crippen LogP contribution in [-0.4, -0.2) is 7.11 Å². The van der Waals surface area contributed by atoms with Crippen molar-refractivity contribution in [3.8, 4) is 5.06 Å². The number of anilines is 1. The van der Waals surface area contributed by atoms with Gasteiger partial charge in [0.15, 0.2) is 5.06 Å². The third-order valence-corrected chi connectivity index (χ3v) is 3.22. The summed E-state index contributed by atoms with van der Waals surface area (Å²) in [5.41, 5.74) is 6.52. The van der Waals surface area contributed by atoms with E-state index in [4.69, 9.17) is 22.1 Å². The highest BCUT2D eigenvalue weighted by Gasteiger charge is 2.09. The van der Waals surface area contributed by atoms with E-state index in [9.17, 15) is 0 Å². The van der Waals surface area contributed by atoms with Crippen molar-refractivity contribution in [2.75, 3.05) is 12.8 Å². The van der Waals surface area contributed by atoms with Gasteiger partial charge in [0.05, 0.1) is 12.8 Å². The van der Waals surface area contributed by atoms with Crippen LogP contribution in [-0.2, 0) is 0 Å². The zero-order valence-electron chi connectivity index (χ0n) is 7.00. The molecule has 1 aromatic heterocycles. The Morgan fingerprint density at radius 3 is 2.92 bits per heavy atom. The first-order valence-electron chi connectivity index (χ1n) is 3.74. The minimum Gasteiger partial charge on any atom is -0.486 e. The second kappa shape index (κ2) is 3.09. The van der Waals surface area contributed by atoms with Gasteiger partial charge in [-0.2, -0.15) is 0 Å². The van der Waals surface area contributed by atoms with E-state index in [1.165, 1.54) is 11.3 Å². The molecule has 1 aromatic carbocycles. The molecule has 2 aromatic rings. The van der Waals surface area contributed by atoms with Crippen LogP contribution in [0.4, 0.5) is 5.69 Å². The van der Waals surface area contributed by atoms with Gasteiger partial charge in [-0.1, -0.05) is 22.9 Å². The third kappa shape index (κ3) is 1.34. The summed E-state index contributed by atoms with van der Waals surface area (Å²) in [5, 5.41) is 2.41. The first-order valence-corrected chi connectivity index (χ1v) is 4.93. The van der Waals surface area contributed by atoms with E-state index >= 15 is 0 Å². The van der Waals surface area contributed by atoms with Crippen molar-refractivity contribution in [2.24, 2.45) is 0 Å². The maximum atomic E-state index is 5.85. The molecule has 0 amide bonds. The van der Waals surface area contributed by atoms with Crippen LogP contribution in [0.2, 0.25) is 5.02 Å². The fourth-order valence-corrected chi connectivity index (χ4v) is 2.31. The van der Waals surface area contributed by atoms with E-state index in [2.05, 4.69) is 0 Å². The SMILES string of the molecule is COc1sc2ccc(Cl)cc2c1N. The number of thiophene rings is 1. The van der Waals surface area contributed by atoms with Crippen molar-refractivity contribution in [1.82, 2.24) is 0 Å². The monoisotopic (exact) mass is 213 g/mol. The van der Waals surface area contributed by atoms with Gasteiger partial charge in [-0.15, -0.1) is 0 Å². The van der Waals surface area contributed by atoms with Crippen LogP contribution in [0.3, 0.4) is 0 Å². The lowest BCUT2D eigenvalue weighted by atomic mass is 10.2. The van der Waals surface area contributed by atoms with Gasteiger partial charge in [0.1, 0.15) is 0 Å². The summed E-state index contributed by atoms with van der Waals surface area (Å²) in [6.07, 6.45) is 0. The molecule has 0 bridgehead atoms. The molecule has 0 fully saturated rings. The zero-order valence-corrected chi connectivity index (χ0v) is 8.58. The van der Waals surface area contributed by atoms with E-state index in [-0.39, 0.29) is 0 Å². The predicted molar refractivity (Wildman–Crippen MR) is 57.8 cm³/mol. The van der Waals surface area contributed by atoms with E-state index in [1.54, 1.807) is 7.11 Å². The quantitative estimate of drug-likeness (QED) is 0.790. The van der Waals surface area contributed by atoms with Crippen molar-refractivity contribution in [3.05, 3.63) is 23.2 Å². The van der Waals surface area contributed by atoms with Gasteiger partial charge in [0.2, 0.25) is 0 Å². The highest BCUT2D eigenvalue weighted by atomic mass is 35.5. The number of rotatable bonds is 1. The molecular formula is C9H8ClNOS. The molecule has 0 spiro atoms. The Kier molecular flexibility index (Phi) is 2.06. The molecule has 0 aliphatic heterocycles. The van der Waals surface area contributed by atoms with Gasteiger partial charge in [0.25, 0.3) is 0 Å². The lowest BCUT2D eigenvalue weighted by Gasteiger charge is -1.94. The average Bonchev–Trinajstić information content (AvgIpc) is 2.44. The zero-order chi connectivity index (χ0) is 9.42. The van der Waals surface area contributed by atoms with Crippen LogP contribution < -0.4 is 10.5 Å². The fraction of sp³-hybridized carbons (Fsp3) is 0.111. The fourth-order valence-electron chi connectivity index (χ4n) is 1.22. The van der Waals surface area contributed by atoms with Gasteiger partial charge in [-0.05, 0) is 18.2 Å². The summed E-state index contributed by atoms with van der Waals surface area (Å²) in [4.78, 5) is 0. The minimum atomic E-state index is 0.671. The Bertz CT molecular complexity index is 452. The van der Waals surface area contributed by atoms with Crippen molar-refractivity contribution < 1.29 is 4.74 Å². The number of ether oxygens (including phenoxy) is 1. The van der Waals surface area contributed by atoms with E-state index < -0.39 is 0 Å². The van der Waals surface area contributed by atoms with Crippen LogP contribution in [0, 0.1) is 0 Å². The molecule has 1 heterocycles. The topological polar surface area (TPSA) is 35.2 Å². The molecular weight excluding hydrogens is 206 g/mol. The standard InChI is InChI=1S/C9H8ClNOS/c1-12-9-8(11)6-4-5(10)2-3-7(6)13-9/h2-4H,11H2,1H3. The number of hydrogen-bond donors (Lipinski definition) is 1. The first kappa shape index (κ1) is 8.66. The summed E-state index contributed by atoms with van der Waals surface area (Å²) in [6.45, 7) is 0. The van der Waals surface area contributed by atoms with Crippen molar-refractivity contribution in [3.63, 3.8) is 0 Å². The Morgan fingerprint density at radius 2 is 2.23 bits per heavy atom. The number of fused-ring (bicyclic) bond motifs is 1. The second-order valence-corrected chi connectivity index (χ2v) is 4.10. The Balaban J connectivity index is 2.77. The van der Waals surface area contributed by atoms with Crippen molar-refractivity contribution >= 4 is 38.7 Å². The molecule has 0 saturated carbocycles. The van der Waals surface area contributed by atoms with Gasteiger partial charge in [-0.3, -0.25) is 0 Å². The summed E-state index contributed by atoms with van der Waals surface area (Å²) in [5.74, 6) is 0. The lowest BCUT2D eigenvalue weighted by molar-refractivity contribution is 0.429. The summed E-state index contributed by atoms with van der Waals surface area (Å²) in [6, 6.07) is 5.64. The maximum Gasteiger partial charge on any atom is 0.198 e. The number of methoxy groups -OCH3 is 1. The van der Waals surface area contributed by atoms with E-state index in [0.29, 0.717) is 10.7 Å². The van der Waals surface area contributed by atoms with Crippen molar-refractivity contribution in [2.45, 2.75) is 0 Å². The maximum absolute atomic E-state index is 5.85. The molecule has 0 aliphatic carbocycles. The van der Waals surface area contributed by atoms with E-state index in [0.717, 1.165) is 15.1 Å². The Labute approximate surface area is 84.9 Å². The Hall–Kier alpha value is -0.930. The predicted octanol–water partition coefficient (Wildman–Crippen LogP) is 3.15. The van der Waals surface area contributed by atoms with Gasteiger partial charge < -0.3 is 10.5 Å². The highest BCUT2D eigenvalue weighted by molar-refractivity contribution is 7.21. The number of hydrogen-bond acceptors (Lipinski definition) is 3. The minimum absolute atomic E-state index is 0.671. The van der Waals surface area contributed by atoms with Gasteiger partial charge in [0, 0.05) is 15.1 Å². The number of nitrogens with two attached hydrogens (primary N) is 1. The largest absolute Gasteiger partial charge is 0.486 e. The molecule has 0 atom stereocenters. The van der Waals surface area contributed by atoms with Crippen LogP contribution in [0.5, 0.6) is 5.06 Å². The number of benzene rings is 1. The second-order valence-electron chi connectivity index (χ2n) is 2.65. The van der Waals surface area contributed by atoms with Crippen molar-refractivity contribution in [1.29, 1.82) is 0 Å². The molecule has 0 saturated heterocycles. The van der Waals surface area contributed by atoms with Gasteiger partial charge in [-0.25, -0.2) is 0 Å². The Morgan fingerprint density at radius 1 is 1.46 bits per heavy atom. The average molecular weight is 214 g/mol. The summed E-state index contributed by atoms with van der Waals surface area (Å²) >= 11 is 7.38. The molecule has 4 heteroatoms. The molecule has 2 N–H and O–H groups in total. The normalized spacial score (nSPS) is 10.6. The molecule has 0 radical (unpaired) electrons. The number of halogens is 1. The molecule has 13 heavy (non-hydrogen) atoms. The van der Waals surface area contributed by atoms with Crippen LogP contribution in [0.25, 0.3) is 10.1 Å². The van der Waals surface area contributed by atoms with E-state index in [1.807, 2.05) is 18.2 Å². The molecule has 68 valence electrons. The molecule has 0 unspecified atom stereocenters. The lowest BCUT2D eigenvalue weighted by Crippen LogP contribution is -1.86. The van der Waals surface area contributed by atoms with Gasteiger partial charge >= 0.3 is 0 Å². The number of nitrogen functional groups attached to an aromatic ring is 1. The summed E-state index contributed by atoms with van der Waals surface area (Å²) in [7, 11) is 1.61. The molecule has 2 nitrogen and oxygen atoms in total. The highest BCUT2D eigenvalue weighted by Crippen LogP contribution is 2.40. The van der Waals surface area contributed by atoms with Crippen LogP contribution in [0.15, 0.2) is 18.2 Å². The van der Waals surface area contributed by atoms with Crippen LogP contribution >= 0.6 is 22.9 Å².